The van der Waals surface area contributed by atoms with Gasteiger partial charge in [0.15, 0.2) is 5.56 Å². The van der Waals surface area contributed by atoms with E-state index in [0.717, 1.165) is 0 Å². The molecule has 0 saturated carbocycles. The maximum absolute atomic E-state index is 10.7. The third kappa shape index (κ3) is 3.51. The molecule has 1 aromatic rings. The van der Waals surface area contributed by atoms with Gasteiger partial charge < -0.3 is 4.74 Å². The van der Waals surface area contributed by atoms with Crippen LogP contribution in [-0.2, 0) is 16.0 Å². The lowest BCUT2D eigenvalue weighted by Crippen LogP contribution is -2.13. The van der Waals surface area contributed by atoms with Gasteiger partial charge in [-0.2, -0.15) is 0 Å². The van der Waals surface area contributed by atoms with E-state index in [1.807, 2.05) is 0 Å². The maximum Gasteiger partial charge on any atom is 0.304 e. The fraction of sp³-hybridized carbons (Fsp3) is 0.300. The highest BCUT2D eigenvalue weighted by Gasteiger charge is 2.17. The minimum atomic E-state index is -0.890. The molecule has 0 aliphatic carbocycles. The Bertz CT molecular complexity index is 408. The highest BCUT2D eigenvalue weighted by Crippen LogP contribution is 2.21. The summed E-state index contributed by atoms with van der Waals surface area (Å²) in [7, 11) is 0. The normalized spacial score (nSPS) is 11.9. The fourth-order valence-electron chi connectivity index (χ4n) is 1.26. The van der Waals surface area contributed by atoms with Crippen LogP contribution < -0.4 is 0 Å². The van der Waals surface area contributed by atoms with Crippen molar-refractivity contribution in [3.8, 4) is 0 Å². The molecule has 0 aromatic heterocycles. The van der Waals surface area contributed by atoms with Gasteiger partial charge in [0.05, 0.1) is 4.92 Å². The zero-order chi connectivity index (χ0) is 12.1. The van der Waals surface area contributed by atoms with E-state index in [0.29, 0.717) is 5.56 Å². The quantitative estimate of drug-likeness (QED) is 0.352. The zero-order valence-corrected chi connectivity index (χ0v) is 9.31. The lowest BCUT2D eigenvalue weighted by molar-refractivity contribution is -0.385. The smallest absolute Gasteiger partial charge is 0.304 e. The number of nitro benzene ring substituents is 1. The van der Waals surface area contributed by atoms with E-state index in [2.05, 4.69) is 0 Å². The summed E-state index contributed by atoms with van der Waals surface area (Å²) >= 11 is 5.72. The third-order valence-electron chi connectivity index (χ3n) is 1.86. The number of rotatable bonds is 4. The van der Waals surface area contributed by atoms with Crippen molar-refractivity contribution in [2.24, 2.45) is 0 Å². The third-order valence-corrected chi connectivity index (χ3v) is 2.11. The van der Waals surface area contributed by atoms with E-state index >= 15 is 0 Å². The SMILES string of the molecule is CC(=O)OC(Cl)Cc1ccccc1[N+](=O)[O-]. The number of benzene rings is 1. The molecule has 0 fully saturated rings. The van der Waals surface area contributed by atoms with Crippen molar-refractivity contribution >= 4 is 23.3 Å². The summed E-state index contributed by atoms with van der Waals surface area (Å²) in [5.74, 6) is -0.515. The van der Waals surface area contributed by atoms with Crippen LogP contribution in [0.3, 0.4) is 0 Å². The second kappa shape index (κ2) is 5.46. The van der Waals surface area contributed by atoms with Gasteiger partial charge in [0.25, 0.3) is 5.69 Å². The van der Waals surface area contributed by atoms with Gasteiger partial charge in [-0.05, 0) is 0 Å². The van der Waals surface area contributed by atoms with Gasteiger partial charge in [0.1, 0.15) is 0 Å². The van der Waals surface area contributed by atoms with Crippen LogP contribution in [0.25, 0.3) is 0 Å². The Labute approximate surface area is 97.1 Å². The molecule has 0 heterocycles. The molecule has 1 rings (SSSR count). The number of hydrogen-bond acceptors (Lipinski definition) is 4. The Morgan fingerprint density at radius 1 is 1.56 bits per heavy atom. The number of esters is 1. The average Bonchev–Trinajstić information content (AvgIpc) is 2.16. The Morgan fingerprint density at radius 2 is 2.19 bits per heavy atom. The van der Waals surface area contributed by atoms with Gasteiger partial charge >= 0.3 is 5.97 Å². The van der Waals surface area contributed by atoms with Crippen molar-refractivity contribution in [2.75, 3.05) is 0 Å². The van der Waals surface area contributed by atoms with Gasteiger partial charge in [-0.15, -0.1) is 0 Å². The molecule has 0 radical (unpaired) electrons. The second-order valence-corrected chi connectivity index (χ2v) is 3.60. The first-order valence-corrected chi connectivity index (χ1v) is 4.98. The van der Waals surface area contributed by atoms with Gasteiger partial charge in [-0.25, -0.2) is 0 Å². The molecule has 0 aliphatic rings. The van der Waals surface area contributed by atoms with Crippen molar-refractivity contribution in [3.63, 3.8) is 0 Å². The molecule has 5 nitrogen and oxygen atoms in total. The number of halogens is 1. The number of ether oxygens (including phenoxy) is 1. The number of carbonyl (C=O) groups excluding carboxylic acids is 1. The number of alkyl halides is 1. The Balaban J connectivity index is 2.80. The standard InChI is InChI=1S/C10H10ClNO4/c1-7(13)16-10(11)6-8-4-2-3-5-9(8)12(14)15/h2-5,10H,6H2,1H3. The van der Waals surface area contributed by atoms with Crippen LogP contribution in [-0.4, -0.2) is 16.5 Å². The number of carbonyl (C=O) groups is 1. The van der Waals surface area contributed by atoms with Crippen LogP contribution in [0.15, 0.2) is 24.3 Å². The molecule has 16 heavy (non-hydrogen) atoms. The summed E-state index contributed by atoms with van der Waals surface area (Å²) in [4.78, 5) is 20.8. The molecule has 0 N–H and O–H groups in total. The first kappa shape index (κ1) is 12.4. The molecule has 0 spiro atoms. The molecule has 0 amide bonds. The molecule has 0 aliphatic heterocycles. The van der Waals surface area contributed by atoms with Gasteiger partial charge in [0.2, 0.25) is 0 Å². The van der Waals surface area contributed by atoms with E-state index in [1.165, 1.54) is 13.0 Å². The molecule has 1 atom stereocenters. The van der Waals surface area contributed by atoms with E-state index in [4.69, 9.17) is 16.3 Å². The molecule has 6 heteroatoms. The summed E-state index contributed by atoms with van der Waals surface area (Å²) in [5.41, 5.74) is -0.479. The highest BCUT2D eigenvalue weighted by atomic mass is 35.5. The van der Waals surface area contributed by atoms with Crippen LogP contribution in [0.5, 0.6) is 0 Å². The summed E-state index contributed by atoms with van der Waals surface area (Å²) in [5, 5.41) is 10.7. The van der Waals surface area contributed by atoms with Crippen molar-refractivity contribution in [1.82, 2.24) is 0 Å². The summed E-state index contributed by atoms with van der Waals surface area (Å²) in [6, 6.07) is 6.19. The van der Waals surface area contributed by atoms with Gasteiger partial charge in [-0.1, -0.05) is 29.8 Å². The minimum Gasteiger partial charge on any atom is -0.446 e. The fourth-order valence-corrected chi connectivity index (χ4v) is 1.55. The summed E-state index contributed by atoms with van der Waals surface area (Å²) < 4.78 is 4.69. The Kier molecular flexibility index (Phi) is 4.25. The number of nitro groups is 1. The van der Waals surface area contributed by atoms with E-state index in [1.54, 1.807) is 18.2 Å². The van der Waals surface area contributed by atoms with Crippen molar-refractivity contribution in [2.45, 2.75) is 18.9 Å². The number of hydrogen-bond donors (Lipinski definition) is 0. The molecule has 1 unspecified atom stereocenters. The maximum atomic E-state index is 10.7. The van der Waals surface area contributed by atoms with Crippen LogP contribution in [0, 0.1) is 10.1 Å². The first-order valence-electron chi connectivity index (χ1n) is 4.54. The van der Waals surface area contributed by atoms with Crippen LogP contribution >= 0.6 is 11.6 Å². The molecular formula is C10H10ClNO4. The molecule has 0 bridgehead atoms. The topological polar surface area (TPSA) is 69.4 Å². The molecule has 0 saturated heterocycles. The second-order valence-electron chi connectivity index (χ2n) is 3.11. The largest absolute Gasteiger partial charge is 0.446 e. The lowest BCUT2D eigenvalue weighted by Gasteiger charge is -2.09. The molecule has 86 valence electrons. The number of para-hydroxylation sites is 1. The molecular weight excluding hydrogens is 234 g/mol. The highest BCUT2D eigenvalue weighted by molar-refractivity contribution is 6.20. The van der Waals surface area contributed by atoms with Crippen molar-refractivity contribution in [3.05, 3.63) is 39.9 Å². The minimum absolute atomic E-state index is 0.0275. The monoisotopic (exact) mass is 243 g/mol. The Morgan fingerprint density at radius 3 is 2.75 bits per heavy atom. The number of nitrogens with zero attached hydrogens (tertiary/aromatic N) is 1. The van der Waals surface area contributed by atoms with Crippen LogP contribution in [0.1, 0.15) is 12.5 Å². The lowest BCUT2D eigenvalue weighted by atomic mass is 10.1. The van der Waals surface area contributed by atoms with Crippen LogP contribution in [0.4, 0.5) is 5.69 Å². The van der Waals surface area contributed by atoms with E-state index in [-0.39, 0.29) is 12.1 Å². The molecule has 1 aromatic carbocycles. The Hall–Kier alpha value is -1.62. The van der Waals surface area contributed by atoms with Crippen molar-refractivity contribution < 1.29 is 14.5 Å². The van der Waals surface area contributed by atoms with Crippen LogP contribution in [0.2, 0.25) is 0 Å². The van der Waals surface area contributed by atoms with Crippen molar-refractivity contribution in [1.29, 1.82) is 0 Å². The average molecular weight is 244 g/mol. The summed E-state index contributed by atoms with van der Waals surface area (Å²) in [6.07, 6.45) is 0.109. The first-order chi connectivity index (χ1) is 7.50. The van der Waals surface area contributed by atoms with E-state index in [9.17, 15) is 14.9 Å². The van der Waals surface area contributed by atoms with E-state index < -0.39 is 16.5 Å². The predicted octanol–water partition coefficient (Wildman–Crippen LogP) is 2.27. The summed E-state index contributed by atoms with van der Waals surface area (Å²) in [6.45, 7) is 1.23. The van der Waals surface area contributed by atoms with Gasteiger partial charge in [0, 0.05) is 25.0 Å². The zero-order valence-electron chi connectivity index (χ0n) is 8.55. The predicted molar refractivity (Wildman–Crippen MR) is 58.2 cm³/mol. The van der Waals surface area contributed by atoms with Gasteiger partial charge in [-0.3, -0.25) is 14.9 Å².